The predicted octanol–water partition coefficient (Wildman–Crippen LogP) is 7.07. The Morgan fingerprint density at radius 1 is 0.927 bits per heavy atom. The molecule has 0 radical (unpaired) electrons. The maximum atomic E-state index is 13.6. The van der Waals surface area contributed by atoms with E-state index in [-0.39, 0.29) is 22.9 Å². The van der Waals surface area contributed by atoms with Crippen molar-refractivity contribution < 1.29 is 28.6 Å². The van der Waals surface area contributed by atoms with Crippen molar-refractivity contribution in [3.63, 3.8) is 0 Å². The number of Topliss-reactive ketones (excluding diaryl/α,β-unsaturated/α-hetero) is 1. The van der Waals surface area contributed by atoms with Crippen molar-refractivity contribution in [2.24, 2.45) is 5.41 Å². The molecular formula is C33H36FNO5S. The summed E-state index contributed by atoms with van der Waals surface area (Å²) >= 11 is 1.29. The van der Waals surface area contributed by atoms with Gasteiger partial charge in [-0.15, -0.1) is 11.8 Å². The Balaban J connectivity index is 1.55. The number of thioether (sulfide) groups is 1. The van der Waals surface area contributed by atoms with Gasteiger partial charge >= 0.3 is 5.97 Å². The van der Waals surface area contributed by atoms with Gasteiger partial charge < -0.3 is 14.7 Å². The first-order valence-corrected chi connectivity index (χ1v) is 14.5. The highest BCUT2D eigenvalue weighted by Gasteiger charge is 2.49. The summed E-state index contributed by atoms with van der Waals surface area (Å²) < 4.78 is 19.4. The van der Waals surface area contributed by atoms with Gasteiger partial charge in [0.2, 0.25) is 5.91 Å². The summed E-state index contributed by atoms with van der Waals surface area (Å²) in [6.45, 7) is 11.7. The number of halogens is 1. The molecule has 0 bridgehead atoms. The number of rotatable bonds is 9. The third-order valence-corrected chi connectivity index (χ3v) is 8.35. The van der Waals surface area contributed by atoms with Crippen LogP contribution < -0.4 is 9.64 Å². The van der Waals surface area contributed by atoms with Gasteiger partial charge in [-0.05, 0) is 52.9 Å². The van der Waals surface area contributed by atoms with E-state index in [1.165, 1.54) is 23.9 Å². The fourth-order valence-electron chi connectivity index (χ4n) is 4.72. The lowest BCUT2D eigenvalue weighted by molar-refractivity contribution is -0.150. The van der Waals surface area contributed by atoms with Crippen LogP contribution in [0, 0.1) is 11.2 Å². The Hall–Kier alpha value is -3.65. The summed E-state index contributed by atoms with van der Waals surface area (Å²) in [6.07, 6.45) is -1.04. The Labute approximate surface area is 244 Å². The van der Waals surface area contributed by atoms with Crippen molar-refractivity contribution in [3.05, 3.63) is 95.3 Å². The fourth-order valence-corrected chi connectivity index (χ4v) is 5.94. The average molecular weight is 578 g/mol. The molecule has 1 aliphatic rings. The number of hydrogen-bond donors (Lipinski definition) is 1. The Kier molecular flexibility index (Phi) is 8.64. The molecule has 1 unspecified atom stereocenters. The van der Waals surface area contributed by atoms with Crippen molar-refractivity contribution in [3.8, 4) is 5.75 Å². The molecule has 1 amide bonds. The van der Waals surface area contributed by atoms with Crippen LogP contribution in [0.1, 0.15) is 69.1 Å². The van der Waals surface area contributed by atoms with Crippen molar-refractivity contribution in [1.29, 1.82) is 0 Å². The van der Waals surface area contributed by atoms with Crippen LogP contribution in [0.4, 0.5) is 10.1 Å². The first kappa shape index (κ1) is 30.3. The van der Waals surface area contributed by atoms with Gasteiger partial charge in [-0.25, -0.2) is 9.18 Å². The van der Waals surface area contributed by atoms with Crippen LogP contribution >= 0.6 is 11.8 Å². The second-order valence-electron chi connectivity index (χ2n) is 12.4. The number of hydrogen-bond acceptors (Lipinski definition) is 5. The first-order chi connectivity index (χ1) is 19.2. The molecule has 1 N–H and O–H groups in total. The van der Waals surface area contributed by atoms with E-state index >= 15 is 0 Å². The van der Waals surface area contributed by atoms with Crippen LogP contribution in [0.3, 0.4) is 0 Å². The monoisotopic (exact) mass is 577 g/mol. The van der Waals surface area contributed by atoms with Gasteiger partial charge in [-0.1, -0.05) is 77.9 Å². The van der Waals surface area contributed by atoms with E-state index in [4.69, 9.17) is 4.74 Å². The lowest BCUT2D eigenvalue weighted by Crippen LogP contribution is -2.57. The largest absolute Gasteiger partial charge is 0.478 e. The highest BCUT2D eigenvalue weighted by Crippen LogP contribution is 2.45. The van der Waals surface area contributed by atoms with Gasteiger partial charge in [0.1, 0.15) is 16.8 Å². The number of benzene rings is 3. The van der Waals surface area contributed by atoms with E-state index in [0.717, 1.165) is 11.1 Å². The topological polar surface area (TPSA) is 83.9 Å². The van der Waals surface area contributed by atoms with Crippen LogP contribution in [0.2, 0.25) is 0 Å². The molecule has 0 spiro atoms. The molecule has 1 fully saturated rings. The number of nitrogens with zero attached hydrogens (tertiary/aromatic N) is 1. The number of carboxylic acid groups (broad SMARTS) is 1. The number of β-lactam (4-membered cyclic amide) rings is 1. The number of carboxylic acids is 1. The van der Waals surface area contributed by atoms with Crippen molar-refractivity contribution in [2.45, 2.75) is 64.4 Å². The number of carbonyl (C=O) groups excluding carboxylic acids is 2. The van der Waals surface area contributed by atoms with Gasteiger partial charge in [-0.3, -0.25) is 9.59 Å². The maximum Gasteiger partial charge on any atom is 0.345 e. The summed E-state index contributed by atoms with van der Waals surface area (Å²) in [6, 6.07) is 19.9. The zero-order chi connectivity index (χ0) is 30.1. The smallest absolute Gasteiger partial charge is 0.345 e. The molecule has 3 aromatic carbocycles. The van der Waals surface area contributed by atoms with Gasteiger partial charge in [0, 0.05) is 16.7 Å². The third-order valence-electron chi connectivity index (χ3n) is 7.10. The molecule has 4 rings (SSSR count). The minimum Gasteiger partial charge on any atom is -0.478 e. The highest BCUT2D eigenvalue weighted by molar-refractivity contribution is 8.01. The highest BCUT2D eigenvalue weighted by atomic mass is 32.2. The average Bonchev–Trinajstić information content (AvgIpc) is 2.90. The van der Waals surface area contributed by atoms with E-state index in [9.17, 15) is 23.9 Å². The second kappa shape index (κ2) is 11.7. The zero-order valence-corrected chi connectivity index (χ0v) is 25.0. The molecule has 0 aromatic heterocycles. The number of ether oxygens (including phenoxy) is 1. The van der Waals surface area contributed by atoms with Crippen LogP contribution in [0.5, 0.6) is 5.75 Å². The number of anilines is 1. The molecule has 216 valence electrons. The summed E-state index contributed by atoms with van der Waals surface area (Å²) in [5, 5.41) is 9.09. The standard InChI is InChI=1S/C33H36FNO5S/c1-32(2,3)22-11-7-20(8-12-22)26(36)19-41-28-27(35(30(28)37)24-15-13-23(34)14-16-24)21-9-17-25(18-10-21)40-29(31(38)39)33(4,5)6/h7-18,27-29H,19H2,1-6H3,(H,38,39)/t27-,28-,29?/m1/s1. The van der Waals surface area contributed by atoms with Crippen LogP contribution in [-0.4, -0.2) is 39.9 Å². The van der Waals surface area contributed by atoms with Crippen molar-refractivity contribution >= 4 is 35.1 Å². The minimum absolute atomic E-state index is 0.0203. The number of aliphatic carboxylic acids is 1. The van der Waals surface area contributed by atoms with Crippen molar-refractivity contribution in [1.82, 2.24) is 0 Å². The van der Waals surface area contributed by atoms with Crippen molar-refractivity contribution in [2.75, 3.05) is 10.7 Å². The molecule has 3 aromatic rings. The van der Waals surface area contributed by atoms with Gasteiger partial charge in [0.25, 0.3) is 0 Å². The quantitative estimate of drug-likeness (QED) is 0.216. The predicted molar refractivity (Wildman–Crippen MR) is 160 cm³/mol. The number of amides is 1. The first-order valence-electron chi connectivity index (χ1n) is 13.5. The maximum absolute atomic E-state index is 13.6. The summed E-state index contributed by atoms with van der Waals surface area (Å²) in [7, 11) is 0. The van der Waals surface area contributed by atoms with E-state index < -0.39 is 34.6 Å². The molecular weight excluding hydrogens is 541 g/mol. The zero-order valence-electron chi connectivity index (χ0n) is 24.2. The molecule has 6 nitrogen and oxygen atoms in total. The summed E-state index contributed by atoms with van der Waals surface area (Å²) in [5.74, 6) is -1.16. The van der Waals surface area contributed by atoms with E-state index in [0.29, 0.717) is 17.0 Å². The Bertz CT molecular complexity index is 1410. The molecule has 1 heterocycles. The fraction of sp³-hybridized carbons (Fsp3) is 0.364. The molecule has 8 heteroatoms. The molecule has 3 atom stereocenters. The van der Waals surface area contributed by atoms with Gasteiger partial charge in [0.05, 0.1) is 11.8 Å². The van der Waals surface area contributed by atoms with Crippen LogP contribution in [-0.2, 0) is 15.0 Å². The minimum atomic E-state index is -1.05. The SMILES string of the molecule is CC(C)(C)c1ccc(C(=O)CS[C@H]2C(=O)N(c3ccc(F)cc3)[C@@H]2c2ccc(OC(C(=O)O)C(C)(C)C)cc2)cc1. The van der Waals surface area contributed by atoms with Gasteiger partial charge in [-0.2, -0.15) is 0 Å². The number of ketones is 1. The normalized spacial score (nSPS) is 18.0. The molecule has 0 saturated carbocycles. The second-order valence-corrected chi connectivity index (χ2v) is 13.5. The van der Waals surface area contributed by atoms with Gasteiger partial charge in [0.15, 0.2) is 11.9 Å². The number of carbonyl (C=O) groups is 3. The van der Waals surface area contributed by atoms with E-state index in [2.05, 4.69) is 20.8 Å². The molecule has 41 heavy (non-hydrogen) atoms. The lowest BCUT2D eigenvalue weighted by atomic mass is 9.86. The molecule has 0 aliphatic carbocycles. The molecule has 1 aliphatic heterocycles. The van der Waals surface area contributed by atoms with E-state index in [1.54, 1.807) is 62.1 Å². The lowest BCUT2D eigenvalue weighted by Gasteiger charge is -2.47. The Morgan fingerprint density at radius 3 is 2.02 bits per heavy atom. The van der Waals surface area contributed by atoms with Crippen LogP contribution in [0.25, 0.3) is 0 Å². The summed E-state index contributed by atoms with van der Waals surface area (Å²) in [5.41, 5.74) is 2.44. The summed E-state index contributed by atoms with van der Waals surface area (Å²) in [4.78, 5) is 39.7. The Morgan fingerprint density at radius 2 is 1.51 bits per heavy atom. The van der Waals surface area contributed by atoms with Crippen LogP contribution in [0.15, 0.2) is 72.8 Å². The van der Waals surface area contributed by atoms with E-state index in [1.807, 2.05) is 24.3 Å². The molecule has 1 saturated heterocycles. The third kappa shape index (κ3) is 6.81.